The van der Waals surface area contributed by atoms with Crippen molar-refractivity contribution >= 4 is 16.9 Å². The molecule has 2 aliphatic rings. The number of benzene rings is 1. The fraction of sp³-hybridized carbons (Fsp3) is 0.318. The molecule has 2 aliphatic heterocycles. The van der Waals surface area contributed by atoms with Crippen LogP contribution in [0.2, 0.25) is 0 Å². The fourth-order valence-electron chi connectivity index (χ4n) is 4.55. The van der Waals surface area contributed by atoms with Crippen LogP contribution in [0, 0.1) is 0 Å². The van der Waals surface area contributed by atoms with Gasteiger partial charge in [0.15, 0.2) is 5.60 Å². The maximum Gasteiger partial charge on any atom is 0.343 e. The molecule has 4 heterocycles. The van der Waals surface area contributed by atoms with Crippen molar-refractivity contribution in [1.82, 2.24) is 9.55 Å². The van der Waals surface area contributed by atoms with Crippen LogP contribution in [0.1, 0.15) is 42.5 Å². The average molecular weight is 391 g/mol. The lowest BCUT2D eigenvalue weighted by atomic mass is 9.86. The fourth-order valence-corrected chi connectivity index (χ4v) is 4.55. The number of rotatable bonds is 2. The molecule has 5 rings (SSSR count). The van der Waals surface area contributed by atoms with Crippen LogP contribution in [0.3, 0.4) is 0 Å². The van der Waals surface area contributed by atoms with Crippen molar-refractivity contribution in [3.05, 3.63) is 56.9 Å². The van der Waals surface area contributed by atoms with Gasteiger partial charge in [0.2, 0.25) is 0 Å². The lowest BCUT2D eigenvalue weighted by molar-refractivity contribution is -0.172. The van der Waals surface area contributed by atoms with Crippen molar-refractivity contribution in [2.75, 3.05) is 0 Å². The first-order valence-electron chi connectivity index (χ1n) is 9.70. The Bertz CT molecular complexity index is 1280. The van der Waals surface area contributed by atoms with Gasteiger partial charge in [-0.1, -0.05) is 13.8 Å². The number of hydrogen-bond donors (Lipinski definition) is 2. The molecule has 2 aromatic heterocycles. The standard InChI is InChI=1S/C22H20N2O5/c1-3-12-13-7-11(25)5-6-17(13)23-19-14(12)9-24-18(19)8-16-15(20(24)26)10-29-21(27)22(16,28)4-2/h5-8,25,28H,3-4,9-10H2,1-2H3/i1-1. The molecule has 2 N–H and O–H groups in total. The zero-order chi connectivity index (χ0) is 20.5. The van der Waals surface area contributed by atoms with Crippen molar-refractivity contribution in [3.8, 4) is 17.1 Å². The number of aliphatic hydroxyl groups is 1. The molecular weight excluding hydrogens is 371 g/mol. The van der Waals surface area contributed by atoms with E-state index in [1.807, 2.05) is 6.92 Å². The lowest BCUT2D eigenvalue weighted by Gasteiger charge is -2.31. The molecule has 0 amide bonds. The van der Waals surface area contributed by atoms with Gasteiger partial charge in [0.1, 0.15) is 12.4 Å². The number of aryl methyl sites for hydroxylation is 1. The van der Waals surface area contributed by atoms with Gasteiger partial charge in [-0.25, -0.2) is 9.78 Å². The highest BCUT2D eigenvalue weighted by Gasteiger charge is 2.45. The number of esters is 1. The van der Waals surface area contributed by atoms with E-state index < -0.39 is 11.6 Å². The molecular formula is C22H20N2O5. The smallest absolute Gasteiger partial charge is 0.343 e. The van der Waals surface area contributed by atoms with Crippen molar-refractivity contribution in [2.45, 2.75) is 45.4 Å². The minimum atomic E-state index is -1.83. The predicted octanol–water partition coefficient (Wildman–Crippen LogP) is 2.35. The number of carbonyl (C=O) groups is 1. The number of carbonyl (C=O) groups excluding carboxylic acids is 1. The van der Waals surface area contributed by atoms with E-state index in [9.17, 15) is 19.8 Å². The van der Waals surface area contributed by atoms with Gasteiger partial charge < -0.3 is 19.5 Å². The van der Waals surface area contributed by atoms with Gasteiger partial charge in [-0.3, -0.25) is 4.79 Å². The van der Waals surface area contributed by atoms with Gasteiger partial charge in [-0.15, -0.1) is 0 Å². The third-order valence-corrected chi connectivity index (χ3v) is 6.14. The highest BCUT2D eigenvalue weighted by molar-refractivity contribution is 5.89. The summed E-state index contributed by atoms with van der Waals surface area (Å²) in [7, 11) is 0. The molecule has 0 fully saturated rings. The monoisotopic (exact) mass is 391 g/mol. The number of phenols is 1. The number of fused-ring (bicyclic) bond motifs is 5. The summed E-state index contributed by atoms with van der Waals surface area (Å²) in [5.41, 5.74) is 2.47. The van der Waals surface area contributed by atoms with Crippen molar-refractivity contribution in [2.24, 2.45) is 0 Å². The number of ether oxygens (including phenoxy) is 1. The first-order valence-corrected chi connectivity index (χ1v) is 9.70. The molecule has 7 nitrogen and oxygen atoms in total. The number of cyclic esters (lactones) is 1. The second-order valence-electron chi connectivity index (χ2n) is 7.58. The molecule has 0 radical (unpaired) electrons. The Morgan fingerprint density at radius 1 is 1.21 bits per heavy atom. The molecule has 29 heavy (non-hydrogen) atoms. The van der Waals surface area contributed by atoms with E-state index in [1.165, 1.54) is 0 Å². The first-order chi connectivity index (χ1) is 13.9. The second-order valence-corrected chi connectivity index (χ2v) is 7.58. The van der Waals surface area contributed by atoms with E-state index in [1.54, 1.807) is 35.8 Å². The molecule has 0 saturated carbocycles. The van der Waals surface area contributed by atoms with E-state index >= 15 is 0 Å². The molecule has 3 aromatic rings. The number of pyridine rings is 2. The highest BCUT2D eigenvalue weighted by Crippen LogP contribution is 2.40. The minimum absolute atomic E-state index is 0.110. The summed E-state index contributed by atoms with van der Waals surface area (Å²) in [4.78, 5) is 30.2. The van der Waals surface area contributed by atoms with E-state index in [4.69, 9.17) is 9.72 Å². The van der Waals surface area contributed by atoms with Gasteiger partial charge in [0.05, 0.1) is 29.0 Å². The molecule has 0 saturated heterocycles. The third-order valence-electron chi connectivity index (χ3n) is 6.14. The normalized spacial score (nSPS) is 19.6. The highest BCUT2D eigenvalue weighted by atomic mass is 16.6. The van der Waals surface area contributed by atoms with Crippen LogP contribution < -0.4 is 5.56 Å². The Morgan fingerprint density at radius 2 is 2.00 bits per heavy atom. The van der Waals surface area contributed by atoms with Gasteiger partial charge in [-0.2, -0.15) is 0 Å². The van der Waals surface area contributed by atoms with Crippen LogP contribution in [-0.4, -0.2) is 25.7 Å². The van der Waals surface area contributed by atoms with Crippen molar-refractivity contribution in [1.29, 1.82) is 0 Å². The van der Waals surface area contributed by atoms with E-state index in [-0.39, 0.29) is 24.3 Å². The maximum absolute atomic E-state index is 13.2. The van der Waals surface area contributed by atoms with Crippen LogP contribution in [0.4, 0.5) is 0 Å². The Labute approximate surface area is 166 Å². The van der Waals surface area contributed by atoms with E-state index in [0.29, 0.717) is 35.5 Å². The van der Waals surface area contributed by atoms with Crippen LogP contribution in [0.5, 0.6) is 5.75 Å². The topological polar surface area (TPSA) is 102 Å². The van der Waals surface area contributed by atoms with Crippen LogP contribution in [0.25, 0.3) is 22.3 Å². The van der Waals surface area contributed by atoms with Gasteiger partial charge in [0, 0.05) is 16.5 Å². The molecule has 148 valence electrons. The second kappa shape index (κ2) is 5.90. The summed E-state index contributed by atoms with van der Waals surface area (Å²) in [6.45, 7) is 3.92. The molecule has 0 bridgehead atoms. The SMILES string of the molecule is CCC1(O)C(=O)OCc2c1cc1n(c2=O)Cc2c-1nc1ccc(O)cc1c2C[11CH3]. The number of phenolic OH excluding ortho intramolecular Hbond substituents is 1. The summed E-state index contributed by atoms with van der Waals surface area (Å²) in [5, 5.41) is 21.7. The number of hydrogen-bond acceptors (Lipinski definition) is 6. The first kappa shape index (κ1) is 17.9. The summed E-state index contributed by atoms with van der Waals surface area (Å²) in [5.74, 6) is -0.563. The van der Waals surface area contributed by atoms with Gasteiger partial charge in [-0.05, 0) is 42.7 Å². The van der Waals surface area contributed by atoms with Crippen LogP contribution in [0.15, 0.2) is 29.1 Å². The molecule has 7 heteroatoms. The molecule has 1 aromatic carbocycles. The largest absolute Gasteiger partial charge is 0.508 e. The van der Waals surface area contributed by atoms with Crippen LogP contribution >= 0.6 is 0 Å². The van der Waals surface area contributed by atoms with E-state index in [0.717, 1.165) is 22.0 Å². The number of aromatic hydroxyl groups is 1. The lowest BCUT2D eigenvalue weighted by Crippen LogP contribution is -2.44. The molecule has 1 unspecified atom stereocenters. The molecule has 1 atom stereocenters. The molecule has 0 aliphatic carbocycles. The molecule has 0 spiro atoms. The number of aromatic nitrogens is 2. The summed E-state index contributed by atoms with van der Waals surface area (Å²) in [6.07, 6.45) is 0.826. The Morgan fingerprint density at radius 3 is 2.72 bits per heavy atom. The van der Waals surface area contributed by atoms with Gasteiger partial charge >= 0.3 is 5.97 Å². The van der Waals surface area contributed by atoms with Crippen molar-refractivity contribution < 1.29 is 19.7 Å². The third kappa shape index (κ3) is 2.25. The number of nitrogens with zero attached hydrogens (tertiary/aromatic N) is 2. The Kier molecular flexibility index (Phi) is 3.64. The predicted molar refractivity (Wildman–Crippen MR) is 106 cm³/mol. The summed E-state index contributed by atoms with van der Waals surface area (Å²) in [6, 6.07) is 6.75. The quantitative estimate of drug-likeness (QED) is 0.509. The minimum Gasteiger partial charge on any atom is -0.508 e. The summed E-state index contributed by atoms with van der Waals surface area (Å²) >= 11 is 0. The zero-order valence-corrected chi connectivity index (χ0v) is 16.2. The average Bonchev–Trinajstić information content (AvgIpc) is 3.08. The Hall–Kier alpha value is -3.19. The summed E-state index contributed by atoms with van der Waals surface area (Å²) < 4.78 is 6.73. The van der Waals surface area contributed by atoms with E-state index in [2.05, 4.69) is 0 Å². The Balaban J connectivity index is 1.84. The van der Waals surface area contributed by atoms with Crippen LogP contribution in [-0.2, 0) is 34.7 Å². The van der Waals surface area contributed by atoms with Crippen molar-refractivity contribution in [3.63, 3.8) is 0 Å². The zero-order valence-electron chi connectivity index (χ0n) is 16.2. The van der Waals surface area contributed by atoms with Gasteiger partial charge in [0.25, 0.3) is 5.56 Å². The maximum atomic E-state index is 13.2.